The number of nitrogens with two attached hydrogens (primary N) is 1. The first-order valence-electron chi connectivity index (χ1n) is 6.56. The fourth-order valence-corrected chi connectivity index (χ4v) is 2.27. The molecule has 1 aromatic heterocycles. The number of nitrogen functional groups attached to an aromatic ring is 1. The Bertz CT molecular complexity index is 835. The molecule has 3 N–H and O–H groups in total. The lowest BCUT2D eigenvalue weighted by molar-refractivity contribution is -0.376. The van der Waals surface area contributed by atoms with Crippen molar-refractivity contribution in [2.24, 2.45) is 0 Å². The van der Waals surface area contributed by atoms with Gasteiger partial charge in [0.05, 0.1) is 21.3 Å². The van der Waals surface area contributed by atoms with E-state index in [1.165, 1.54) is 21.3 Å². The molecular weight excluding hydrogens is 296 g/mol. The van der Waals surface area contributed by atoms with E-state index < -0.39 is 0 Å². The van der Waals surface area contributed by atoms with Crippen LogP contribution in [0.25, 0.3) is 11.1 Å². The third-order valence-electron chi connectivity index (χ3n) is 3.35. The number of anilines is 1. The summed E-state index contributed by atoms with van der Waals surface area (Å²) in [7, 11) is 4.44. The number of methoxy groups -OCH3 is 3. The quantitative estimate of drug-likeness (QED) is 0.915. The van der Waals surface area contributed by atoms with Crippen molar-refractivity contribution in [3.8, 4) is 40.6 Å². The van der Waals surface area contributed by atoms with Gasteiger partial charge in [-0.1, -0.05) is 0 Å². The van der Waals surface area contributed by atoms with Gasteiger partial charge in [-0.3, -0.25) is 5.73 Å². The molecule has 2 rings (SSSR count). The van der Waals surface area contributed by atoms with Crippen LogP contribution in [0, 0.1) is 22.7 Å². The molecule has 0 aliphatic heterocycles. The molecule has 1 aromatic carbocycles. The number of H-pyrrole nitrogens is 1. The summed E-state index contributed by atoms with van der Waals surface area (Å²) < 4.78 is 15.7. The Morgan fingerprint density at radius 1 is 1.00 bits per heavy atom. The van der Waals surface area contributed by atoms with Gasteiger partial charge in [-0.05, 0) is 12.1 Å². The van der Waals surface area contributed by atoms with E-state index in [-0.39, 0.29) is 22.8 Å². The Balaban J connectivity index is 2.90. The minimum atomic E-state index is 0.108. The number of nitrogens with one attached hydrogen (secondary N) is 1. The van der Waals surface area contributed by atoms with Crippen LogP contribution in [-0.4, -0.2) is 21.3 Å². The lowest BCUT2D eigenvalue weighted by atomic mass is 9.95. The summed E-state index contributed by atoms with van der Waals surface area (Å²) in [6, 6.07) is 9.14. The second kappa shape index (κ2) is 6.54. The fourth-order valence-electron chi connectivity index (χ4n) is 2.27. The molecule has 0 atom stereocenters. The van der Waals surface area contributed by atoms with E-state index in [0.717, 1.165) is 0 Å². The molecule has 2 aromatic rings. The van der Waals surface area contributed by atoms with E-state index in [4.69, 9.17) is 19.9 Å². The molecule has 0 spiro atoms. The highest BCUT2D eigenvalue weighted by Gasteiger charge is 2.26. The monoisotopic (exact) mass is 311 g/mol. The van der Waals surface area contributed by atoms with Gasteiger partial charge in [0.2, 0.25) is 0 Å². The number of hydrogen-bond donors (Lipinski definition) is 1. The van der Waals surface area contributed by atoms with Gasteiger partial charge in [0, 0.05) is 17.2 Å². The Kier molecular flexibility index (Phi) is 4.53. The van der Waals surface area contributed by atoms with Crippen LogP contribution in [0.1, 0.15) is 11.1 Å². The number of rotatable bonds is 4. The first-order valence-corrected chi connectivity index (χ1v) is 6.56. The van der Waals surface area contributed by atoms with Crippen LogP contribution in [0.4, 0.5) is 5.82 Å². The second-order valence-corrected chi connectivity index (χ2v) is 4.49. The summed E-state index contributed by atoms with van der Waals surface area (Å²) in [5.74, 6) is 1.32. The zero-order valence-electron chi connectivity index (χ0n) is 12.9. The number of aromatic amines is 1. The van der Waals surface area contributed by atoms with Crippen LogP contribution in [-0.2, 0) is 0 Å². The summed E-state index contributed by atoms with van der Waals surface area (Å²) in [4.78, 5) is 2.71. The molecule has 7 heteroatoms. The maximum atomic E-state index is 9.50. The lowest BCUT2D eigenvalue weighted by Crippen LogP contribution is -2.18. The highest BCUT2D eigenvalue weighted by molar-refractivity contribution is 5.84. The molecule has 0 radical (unpaired) electrons. The van der Waals surface area contributed by atoms with Crippen LogP contribution < -0.4 is 24.9 Å². The molecule has 0 amide bonds. The van der Waals surface area contributed by atoms with Gasteiger partial charge < -0.3 is 14.2 Å². The van der Waals surface area contributed by atoms with Crippen molar-refractivity contribution in [1.82, 2.24) is 0 Å². The van der Waals surface area contributed by atoms with Gasteiger partial charge in [0.15, 0.2) is 5.56 Å². The predicted molar refractivity (Wildman–Crippen MR) is 81.9 cm³/mol. The van der Waals surface area contributed by atoms with E-state index in [2.05, 4.69) is 4.98 Å². The largest absolute Gasteiger partial charge is 0.497 e. The van der Waals surface area contributed by atoms with Gasteiger partial charge in [0.1, 0.15) is 29.2 Å². The third kappa shape index (κ3) is 2.68. The molecule has 116 valence electrons. The van der Waals surface area contributed by atoms with Crippen molar-refractivity contribution in [3.05, 3.63) is 29.3 Å². The van der Waals surface area contributed by atoms with Crippen molar-refractivity contribution < 1.29 is 19.2 Å². The van der Waals surface area contributed by atoms with Crippen LogP contribution in [0.2, 0.25) is 0 Å². The summed E-state index contributed by atoms with van der Waals surface area (Å²) in [6.07, 6.45) is 0. The highest BCUT2D eigenvalue weighted by Crippen LogP contribution is 2.39. The number of benzene rings is 1. The summed E-state index contributed by atoms with van der Waals surface area (Å²) in [5.41, 5.74) is 7.09. The lowest BCUT2D eigenvalue weighted by Gasteiger charge is -2.13. The van der Waals surface area contributed by atoms with E-state index in [0.29, 0.717) is 22.6 Å². The maximum Gasteiger partial charge on any atom is 0.300 e. The molecule has 0 aliphatic carbocycles. The highest BCUT2D eigenvalue weighted by atomic mass is 16.5. The van der Waals surface area contributed by atoms with Crippen LogP contribution in [0.3, 0.4) is 0 Å². The fraction of sp³-hybridized carbons (Fsp3) is 0.188. The topological polar surface area (TPSA) is 115 Å². The molecule has 0 fully saturated rings. The van der Waals surface area contributed by atoms with Crippen molar-refractivity contribution in [3.63, 3.8) is 0 Å². The second-order valence-electron chi connectivity index (χ2n) is 4.49. The zero-order chi connectivity index (χ0) is 17.0. The number of pyridine rings is 1. The SMILES string of the molecule is COc1ccc(-c2c(C#N)c(N)[nH+]c(OC)c2C#N)c(OC)c1. The minimum Gasteiger partial charge on any atom is -0.497 e. The van der Waals surface area contributed by atoms with E-state index >= 15 is 0 Å². The molecule has 0 bridgehead atoms. The molecule has 1 heterocycles. The summed E-state index contributed by atoms with van der Waals surface area (Å²) >= 11 is 0. The molecular formula is C16H15N4O3+. The Labute approximate surface area is 133 Å². The van der Waals surface area contributed by atoms with Crippen LogP contribution in [0.5, 0.6) is 17.4 Å². The first-order chi connectivity index (χ1) is 11.1. The van der Waals surface area contributed by atoms with E-state index in [1.54, 1.807) is 18.2 Å². The number of ether oxygens (including phenoxy) is 3. The van der Waals surface area contributed by atoms with Gasteiger partial charge in [-0.15, -0.1) is 0 Å². The number of aromatic nitrogens is 1. The molecule has 0 aliphatic rings. The Morgan fingerprint density at radius 2 is 1.70 bits per heavy atom. The van der Waals surface area contributed by atoms with Crippen LogP contribution in [0.15, 0.2) is 18.2 Å². The predicted octanol–water partition coefficient (Wildman–Crippen LogP) is 1.52. The average Bonchev–Trinajstić information content (AvgIpc) is 2.59. The Morgan fingerprint density at radius 3 is 2.22 bits per heavy atom. The smallest absolute Gasteiger partial charge is 0.300 e. The van der Waals surface area contributed by atoms with Crippen molar-refractivity contribution in [2.75, 3.05) is 27.1 Å². The van der Waals surface area contributed by atoms with Crippen LogP contribution >= 0.6 is 0 Å². The third-order valence-corrected chi connectivity index (χ3v) is 3.35. The summed E-state index contributed by atoms with van der Waals surface area (Å²) in [6.45, 7) is 0. The van der Waals surface area contributed by atoms with Crippen molar-refractivity contribution in [1.29, 1.82) is 10.5 Å². The Hall–Kier alpha value is -3.45. The van der Waals surface area contributed by atoms with Gasteiger partial charge in [0.25, 0.3) is 5.82 Å². The van der Waals surface area contributed by atoms with Gasteiger partial charge in [-0.2, -0.15) is 10.5 Å². The maximum absolute atomic E-state index is 9.50. The van der Waals surface area contributed by atoms with Gasteiger partial charge >= 0.3 is 5.88 Å². The number of nitrogens with zero attached hydrogens (tertiary/aromatic N) is 2. The molecule has 0 saturated heterocycles. The van der Waals surface area contributed by atoms with Crippen molar-refractivity contribution in [2.45, 2.75) is 0 Å². The minimum absolute atomic E-state index is 0.108. The normalized spacial score (nSPS) is 9.61. The molecule has 0 unspecified atom stereocenters. The molecule has 0 saturated carbocycles. The first kappa shape index (κ1) is 15.9. The summed E-state index contributed by atoms with van der Waals surface area (Å²) in [5, 5.41) is 18.9. The number of nitriles is 2. The average molecular weight is 311 g/mol. The molecule has 7 nitrogen and oxygen atoms in total. The zero-order valence-corrected chi connectivity index (χ0v) is 12.9. The van der Waals surface area contributed by atoms with E-state index in [1.807, 2.05) is 12.1 Å². The van der Waals surface area contributed by atoms with Crippen molar-refractivity contribution >= 4 is 5.82 Å². The number of hydrogen-bond acceptors (Lipinski definition) is 6. The standard InChI is InChI=1S/C16H14N4O3/c1-21-9-4-5-10(13(6-9)22-2)14-11(7-17)15(19)20-16(23-3)12(14)8-18/h4-6H,1-3H3,(H2,19,20)/p+1. The van der Waals surface area contributed by atoms with E-state index in [9.17, 15) is 10.5 Å². The molecule has 23 heavy (non-hydrogen) atoms. The van der Waals surface area contributed by atoms with Gasteiger partial charge in [-0.25, -0.2) is 4.98 Å².